The van der Waals surface area contributed by atoms with E-state index < -0.39 is 0 Å². The summed E-state index contributed by atoms with van der Waals surface area (Å²) in [6, 6.07) is 0.340. The van der Waals surface area contributed by atoms with Crippen molar-refractivity contribution in [2.45, 2.75) is 32.7 Å². The molecule has 0 radical (unpaired) electrons. The summed E-state index contributed by atoms with van der Waals surface area (Å²) in [7, 11) is 0. The number of likely N-dealkylation sites (tertiary alicyclic amines) is 1. The summed E-state index contributed by atoms with van der Waals surface area (Å²) in [6.45, 7) is 7.83. The summed E-state index contributed by atoms with van der Waals surface area (Å²) in [4.78, 5) is 2.44. The molecule has 14 heavy (non-hydrogen) atoms. The molecule has 0 aromatic rings. The van der Waals surface area contributed by atoms with Gasteiger partial charge in [0, 0.05) is 19.2 Å². The lowest BCUT2D eigenvalue weighted by molar-refractivity contribution is 0.129. The van der Waals surface area contributed by atoms with E-state index >= 15 is 0 Å². The van der Waals surface area contributed by atoms with Gasteiger partial charge < -0.3 is 15.7 Å². The molecular formula is C11H24N2O. The number of rotatable bonds is 4. The van der Waals surface area contributed by atoms with E-state index in [1.807, 2.05) is 0 Å². The fourth-order valence-corrected chi connectivity index (χ4v) is 2.16. The quantitative estimate of drug-likeness (QED) is 0.701. The number of hydrogen-bond acceptors (Lipinski definition) is 3. The minimum absolute atomic E-state index is 0.299. The van der Waals surface area contributed by atoms with Crippen molar-refractivity contribution >= 4 is 0 Å². The number of nitrogens with two attached hydrogens (primary N) is 1. The average Bonchev–Trinajstić information content (AvgIpc) is 2.18. The minimum atomic E-state index is 0.299. The first kappa shape index (κ1) is 12.0. The Balaban J connectivity index is 2.22. The molecule has 0 aliphatic carbocycles. The van der Waals surface area contributed by atoms with Crippen LogP contribution in [0.2, 0.25) is 0 Å². The molecule has 0 saturated carbocycles. The van der Waals surface area contributed by atoms with Crippen LogP contribution in [0.1, 0.15) is 26.7 Å². The Labute approximate surface area is 87.3 Å². The Morgan fingerprint density at radius 3 is 2.36 bits per heavy atom. The van der Waals surface area contributed by atoms with E-state index in [1.165, 1.54) is 12.8 Å². The van der Waals surface area contributed by atoms with Gasteiger partial charge in [-0.05, 0) is 44.7 Å². The number of nitrogens with zero attached hydrogens (tertiary/aromatic N) is 1. The highest BCUT2D eigenvalue weighted by Gasteiger charge is 2.22. The summed E-state index contributed by atoms with van der Waals surface area (Å²) < 4.78 is 0. The Morgan fingerprint density at radius 1 is 1.36 bits per heavy atom. The van der Waals surface area contributed by atoms with Gasteiger partial charge in [-0.1, -0.05) is 6.92 Å². The van der Waals surface area contributed by atoms with Crippen LogP contribution in [0.5, 0.6) is 0 Å². The maximum Gasteiger partial charge on any atom is 0.0468 e. The summed E-state index contributed by atoms with van der Waals surface area (Å²) in [5.41, 5.74) is 5.88. The molecule has 1 heterocycles. The summed E-state index contributed by atoms with van der Waals surface area (Å²) >= 11 is 0. The van der Waals surface area contributed by atoms with Crippen molar-refractivity contribution in [1.29, 1.82) is 0 Å². The van der Waals surface area contributed by atoms with Gasteiger partial charge >= 0.3 is 0 Å². The number of piperidine rings is 1. The second-order valence-corrected chi connectivity index (χ2v) is 4.78. The zero-order valence-corrected chi connectivity index (χ0v) is 9.45. The molecule has 1 aliphatic heterocycles. The van der Waals surface area contributed by atoms with Crippen LogP contribution in [0.25, 0.3) is 0 Å². The van der Waals surface area contributed by atoms with Gasteiger partial charge in [0.2, 0.25) is 0 Å². The van der Waals surface area contributed by atoms with E-state index in [4.69, 9.17) is 10.8 Å². The molecular weight excluding hydrogens is 176 g/mol. The normalized spacial score (nSPS) is 24.9. The van der Waals surface area contributed by atoms with Crippen molar-refractivity contribution in [2.24, 2.45) is 17.6 Å². The lowest BCUT2D eigenvalue weighted by atomic mass is 9.90. The molecule has 84 valence electrons. The molecule has 0 spiro atoms. The van der Waals surface area contributed by atoms with Gasteiger partial charge in [0.05, 0.1) is 0 Å². The van der Waals surface area contributed by atoms with E-state index in [0.717, 1.165) is 19.6 Å². The first-order valence-electron chi connectivity index (χ1n) is 5.72. The fraction of sp³-hybridized carbons (Fsp3) is 1.00. The van der Waals surface area contributed by atoms with E-state index in [0.29, 0.717) is 24.5 Å². The average molecular weight is 200 g/mol. The van der Waals surface area contributed by atoms with Crippen LogP contribution in [0, 0.1) is 11.8 Å². The van der Waals surface area contributed by atoms with Crippen molar-refractivity contribution < 1.29 is 5.11 Å². The summed E-state index contributed by atoms with van der Waals surface area (Å²) in [5.74, 6) is 1.11. The molecule has 2 unspecified atom stereocenters. The van der Waals surface area contributed by atoms with Crippen molar-refractivity contribution in [3.8, 4) is 0 Å². The summed E-state index contributed by atoms with van der Waals surface area (Å²) in [5, 5.41) is 8.96. The van der Waals surface area contributed by atoms with Crippen molar-refractivity contribution in [3.63, 3.8) is 0 Å². The van der Waals surface area contributed by atoms with E-state index in [9.17, 15) is 0 Å². The second kappa shape index (κ2) is 5.69. The highest BCUT2D eigenvalue weighted by atomic mass is 16.3. The Kier molecular flexibility index (Phi) is 4.85. The lowest BCUT2D eigenvalue weighted by Crippen LogP contribution is -2.41. The van der Waals surface area contributed by atoms with Gasteiger partial charge in [-0.2, -0.15) is 0 Å². The summed E-state index contributed by atoms with van der Waals surface area (Å²) in [6.07, 6.45) is 2.44. The monoisotopic (exact) mass is 200 g/mol. The highest BCUT2D eigenvalue weighted by Crippen LogP contribution is 2.19. The predicted octanol–water partition coefficient (Wildman–Crippen LogP) is 0.674. The third-order valence-electron chi connectivity index (χ3n) is 3.26. The van der Waals surface area contributed by atoms with Crippen molar-refractivity contribution in [1.82, 2.24) is 4.90 Å². The van der Waals surface area contributed by atoms with E-state index in [1.54, 1.807) is 0 Å². The SMILES string of the molecule is CC(CO)CN1CCC(C(C)N)CC1. The topological polar surface area (TPSA) is 49.5 Å². The minimum Gasteiger partial charge on any atom is -0.396 e. The Bertz CT molecular complexity index is 153. The van der Waals surface area contributed by atoms with Crippen LogP contribution in [0.3, 0.4) is 0 Å². The molecule has 2 atom stereocenters. The molecule has 0 bridgehead atoms. The van der Waals surface area contributed by atoms with Crippen LogP contribution in [0.4, 0.5) is 0 Å². The molecule has 3 heteroatoms. The molecule has 0 aromatic heterocycles. The molecule has 0 aromatic carbocycles. The van der Waals surface area contributed by atoms with Crippen LogP contribution in [-0.4, -0.2) is 42.3 Å². The van der Waals surface area contributed by atoms with E-state index in [2.05, 4.69) is 18.7 Å². The molecule has 0 amide bonds. The van der Waals surface area contributed by atoms with Crippen LogP contribution < -0.4 is 5.73 Å². The number of hydrogen-bond donors (Lipinski definition) is 2. The molecule has 1 aliphatic rings. The van der Waals surface area contributed by atoms with Crippen LogP contribution >= 0.6 is 0 Å². The molecule has 1 fully saturated rings. The van der Waals surface area contributed by atoms with Crippen LogP contribution in [-0.2, 0) is 0 Å². The maximum atomic E-state index is 8.96. The van der Waals surface area contributed by atoms with E-state index in [-0.39, 0.29) is 0 Å². The molecule has 1 saturated heterocycles. The lowest BCUT2D eigenvalue weighted by Gasteiger charge is -2.34. The highest BCUT2D eigenvalue weighted by molar-refractivity contribution is 4.78. The zero-order chi connectivity index (χ0) is 10.6. The van der Waals surface area contributed by atoms with Gasteiger partial charge in [0.15, 0.2) is 0 Å². The Morgan fingerprint density at radius 2 is 1.93 bits per heavy atom. The third kappa shape index (κ3) is 3.56. The molecule has 3 N–H and O–H groups in total. The van der Waals surface area contributed by atoms with Gasteiger partial charge in [0.25, 0.3) is 0 Å². The third-order valence-corrected chi connectivity index (χ3v) is 3.26. The molecule has 1 rings (SSSR count). The van der Waals surface area contributed by atoms with Gasteiger partial charge in [0.1, 0.15) is 0 Å². The number of aliphatic hydroxyl groups is 1. The first-order chi connectivity index (χ1) is 6.63. The fourth-order valence-electron chi connectivity index (χ4n) is 2.16. The van der Waals surface area contributed by atoms with Crippen molar-refractivity contribution in [2.75, 3.05) is 26.2 Å². The van der Waals surface area contributed by atoms with Gasteiger partial charge in [-0.3, -0.25) is 0 Å². The first-order valence-corrected chi connectivity index (χ1v) is 5.72. The van der Waals surface area contributed by atoms with Gasteiger partial charge in [-0.25, -0.2) is 0 Å². The standard InChI is InChI=1S/C11H24N2O/c1-9(8-14)7-13-5-3-11(4-6-13)10(2)12/h9-11,14H,3-8,12H2,1-2H3. The van der Waals surface area contributed by atoms with Crippen molar-refractivity contribution in [3.05, 3.63) is 0 Å². The Hall–Kier alpha value is -0.120. The second-order valence-electron chi connectivity index (χ2n) is 4.78. The predicted molar refractivity (Wildman–Crippen MR) is 59.1 cm³/mol. The molecule has 3 nitrogen and oxygen atoms in total. The zero-order valence-electron chi connectivity index (χ0n) is 9.45. The smallest absolute Gasteiger partial charge is 0.0468 e. The number of aliphatic hydroxyl groups excluding tert-OH is 1. The maximum absolute atomic E-state index is 8.96. The van der Waals surface area contributed by atoms with Gasteiger partial charge in [-0.15, -0.1) is 0 Å². The largest absolute Gasteiger partial charge is 0.396 e. The van der Waals surface area contributed by atoms with Crippen LogP contribution in [0.15, 0.2) is 0 Å².